The highest BCUT2D eigenvalue weighted by Gasteiger charge is 2.29. The maximum atomic E-state index is 12.5. The third-order valence-corrected chi connectivity index (χ3v) is 5.79. The molecular weight excluding hydrogens is 368 g/mol. The highest BCUT2D eigenvalue weighted by molar-refractivity contribution is 7.80. The number of hydrogen-bond donors (Lipinski definition) is 2. The van der Waals surface area contributed by atoms with Crippen LogP contribution in [0.4, 0.5) is 0 Å². The van der Waals surface area contributed by atoms with Crippen LogP contribution in [-0.2, 0) is 0 Å². The summed E-state index contributed by atoms with van der Waals surface area (Å²) >= 11 is 5.37. The molecule has 0 atom stereocenters. The first-order chi connectivity index (χ1) is 13.1. The summed E-state index contributed by atoms with van der Waals surface area (Å²) < 4.78 is 5.74. The fraction of sp³-hybridized carbons (Fsp3) is 0.652. The highest BCUT2D eigenvalue weighted by Crippen LogP contribution is 2.37. The van der Waals surface area contributed by atoms with E-state index < -0.39 is 0 Å². The van der Waals surface area contributed by atoms with Gasteiger partial charge in [-0.3, -0.25) is 10.1 Å². The molecule has 0 heterocycles. The third-order valence-electron chi connectivity index (χ3n) is 5.57. The Hall–Kier alpha value is -1.62. The smallest absolute Gasteiger partial charge is 0.257 e. The average molecular weight is 405 g/mol. The Balaban J connectivity index is 1.80. The van der Waals surface area contributed by atoms with Gasteiger partial charge in [-0.2, -0.15) is 0 Å². The van der Waals surface area contributed by atoms with E-state index in [-0.39, 0.29) is 5.91 Å². The number of hydrogen-bond acceptors (Lipinski definition) is 3. The van der Waals surface area contributed by atoms with Crippen LogP contribution in [0.1, 0.15) is 77.1 Å². The molecule has 2 N–H and O–H groups in total. The summed E-state index contributed by atoms with van der Waals surface area (Å²) in [6.45, 7) is 11.9. The van der Waals surface area contributed by atoms with Crippen molar-refractivity contribution in [2.45, 2.75) is 72.8 Å². The van der Waals surface area contributed by atoms with Gasteiger partial charge in [0, 0.05) is 11.6 Å². The maximum absolute atomic E-state index is 12.5. The number of thiocarbonyl (C=S) groups is 1. The number of carbonyl (C=O) groups excluding carboxylic acids is 1. The second-order valence-electron chi connectivity index (χ2n) is 9.40. The summed E-state index contributed by atoms with van der Waals surface area (Å²) in [6.07, 6.45) is 5.58. The van der Waals surface area contributed by atoms with E-state index in [0.717, 1.165) is 25.2 Å². The molecule has 0 radical (unpaired) electrons. The van der Waals surface area contributed by atoms with Crippen LogP contribution in [0.2, 0.25) is 0 Å². The molecule has 5 heteroatoms. The number of carbonyl (C=O) groups is 1. The van der Waals surface area contributed by atoms with Crippen molar-refractivity contribution in [1.29, 1.82) is 0 Å². The van der Waals surface area contributed by atoms with Crippen molar-refractivity contribution in [3.63, 3.8) is 0 Å². The molecule has 1 aliphatic rings. The first-order valence-corrected chi connectivity index (χ1v) is 10.9. The largest absolute Gasteiger partial charge is 0.494 e. The van der Waals surface area contributed by atoms with Crippen LogP contribution in [0, 0.1) is 17.3 Å². The zero-order chi connectivity index (χ0) is 20.7. The molecule has 1 aliphatic carbocycles. The van der Waals surface area contributed by atoms with Crippen molar-refractivity contribution in [1.82, 2.24) is 10.6 Å². The van der Waals surface area contributed by atoms with Gasteiger partial charge in [0.1, 0.15) is 5.75 Å². The summed E-state index contributed by atoms with van der Waals surface area (Å²) in [5, 5.41) is 6.55. The predicted octanol–water partition coefficient (Wildman–Crippen LogP) is 5.32. The van der Waals surface area contributed by atoms with E-state index in [2.05, 4.69) is 45.3 Å². The lowest BCUT2D eigenvalue weighted by Crippen LogP contribution is -2.46. The minimum atomic E-state index is -0.199. The summed E-state index contributed by atoms with van der Waals surface area (Å²) in [4.78, 5) is 12.5. The molecule has 0 bridgehead atoms. The number of amides is 1. The number of benzene rings is 1. The van der Waals surface area contributed by atoms with Gasteiger partial charge in [0.2, 0.25) is 0 Å². The van der Waals surface area contributed by atoms with Crippen molar-refractivity contribution >= 4 is 23.2 Å². The van der Waals surface area contributed by atoms with Crippen molar-refractivity contribution in [3.05, 3.63) is 29.8 Å². The van der Waals surface area contributed by atoms with Gasteiger partial charge >= 0.3 is 0 Å². The van der Waals surface area contributed by atoms with Crippen LogP contribution >= 0.6 is 12.2 Å². The van der Waals surface area contributed by atoms with Gasteiger partial charge < -0.3 is 10.1 Å². The Kier molecular flexibility index (Phi) is 8.29. The normalized spacial score (nSPS) is 19.9. The summed E-state index contributed by atoms with van der Waals surface area (Å²) in [5.74, 6) is 1.86. The van der Waals surface area contributed by atoms with Crippen LogP contribution in [0.25, 0.3) is 0 Å². The van der Waals surface area contributed by atoms with Crippen molar-refractivity contribution in [2.75, 3.05) is 6.61 Å². The van der Waals surface area contributed by atoms with Crippen LogP contribution < -0.4 is 15.4 Å². The Morgan fingerprint density at radius 1 is 1.21 bits per heavy atom. The molecular formula is C23H36N2O2S. The van der Waals surface area contributed by atoms with Gasteiger partial charge in [0.15, 0.2) is 5.11 Å². The van der Waals surface area contributed by atoms with Crippen molar-refractivity contribution in [3.8, 4) is 5.75 Å². The van der Waals surface area contributed by atoms with E-state index in [9.17, 15) is 4.79 Å². The standard InChI is InChI=1S/C23H36N2O2S/c1-16(2)13-14-27-20-8-6-7-17(15-20)21(26)25-22(28)24-19-11-9-18(10-12-19)23(3,4)5/h6-8,15-16,18-19H,9-14H2,1-5H3,(H2,24,25,26,28). The first-order valence-electron chi connectivity index (χ1n) is 10.5. The minimum Gasteiger partial charge on any atom is -0.494 e. The maximum Gasteiger partial charge on any atom is 0.257 e. The molecule has 1 aromatic carbocycles. The average Bonchev–Trinajstić information content (AvgIpc) is 2.61. The van der Waals surface area contributed by atoms with Crippen molar-refractivity contribution < 1.29 is 9.53 Å². The zero-order valence-electron chi connectivity index (χ0n) is 18.0. The molecule has 1 fully saturated rings. The molecule has 0 saturated heterocycles. The molecule has 156 valence electrons. The first kappa shape index (κ1) is 22.7. The molecule has 0 spiro atoms. The Bertz CT molecular complexity index is 659. The van der Waals surface area contributed by atoms with Crippen LogP contribution in [-0.4, -0.2) is 23.7 Å². The monoisotopic (exact) mass is 404 g/mol. The molecule has 1 aromatic rings. The number of ether oxygens (including phenoxy) is 1. The van der Waals surface area contributed by atoms with Crippen LogP contribution in [0.5, 0.6) is 5.75 Å². The molecule has 0 aromatic heterocycles. The summed E-state index contributed by atoms with van der Waals surface area (Å²) in [6, 6.07) is 7.61. The number of rotatable bonds is 6. The Morgan fingerprint density at radius 3 is 2.50 bits per heavy atom. The van der Waals surface area contributed by atoms with Gasteiger partial charge in [-0.1, -0.05) is 40.7 Å². The fourth-order valence-electron chi connectivity index (χ4n) is 3.64. The molecule has 2 rings (SSSR count). The van der Waals surface area contributed by atoms with E-state index in [0.29, 0.717) is 40.4 Å². The summed E-state index contributed by atoms with van der Waals surface area (Å²) in [5.41, 5.74) is 0.921. The quantitative estimate of drug-likeness (QED) is 0.630. The predicted molar refractivity (Wildman–Crippen MR) is 120 cm³/mol. The van der Waals surface area contributed by atoms with Crippen LogP contribution in [0.15, 0.2) is 24.3 Å². The lowest BCUT2D eigenvalue weighted by atomic mass is 9.71. The highest BCUT2D eigenvalue weighted by atomic mass is 32.1. The van der Waals surface area contributed by atoms with E-state index in [1.807, 2.05) is 12.1 Å². The van der Waals surface area contributed by atoms with Crippen LogP contribution in [0.3, 0.4) is 0 Å². The Morgan fingerprint density at radius 2 is 1.89 bits per heavy atom. The lowest BCUT2D eigenvalue weighted by molar-refractivity contribution is 0.0975. The molecule has 1 amide bonds. The van der Waals surface area contributed by atoms with Gasteiger partial charge in [-0.05, 0) is 79.8 Å². The Labute approximate surface area is 175 Å². The molecule has 0 aliphatic heterocycles. The van der Waals surface area contributed by atoms with Crippen molar-refractivity contribution in [2.24, 2.45) is 17.3 Å². The fourth-order valence-corrected chi connectivity index (χ4v) is 3.90. The summed E-state index contributed by atoms with van der Waals surface area (Å²) in [7, 11) is 0. The van der Waals surface area contributed by atoms with E-state index >= 15 is 0 Å². The zero-order valence-corrected chi connectivity index (χ0v) is 18.8. The molecule has 28 heavy (non-hydrogen) atoms. The van der Waals surface area contributed by atoms with Gasteiger partial charge in [-0.15, -0.1) is 0 Å². The van der Waals surface area contributed by atoms with Gasteiger partial charge in [0.05, 0.1) is 6.61 Å². The van der Waals surface area contributed by atoms with E-state index in [1.54, 1.807) is 12.1 Å². The van der Waals surface area contributed by atoms with E-state index in [4.69, 9.17) is 17.0 Å². The van der Waals surface area contributed by atoms with E-state index in [1.165, 1.54) is 12.8 Å². The minimum absolute atomic E-state index is 0.199. The van der Waals surface area contributed by atoms with Gasteiger partial charge in [-0.25, -0.2) is 0 Å². The molecule has 1 saturated carbocycles. The third kappa shape index (κ3) is 7.42. The second-order valence-corrected chi connectivity index (χ2v) is 9.81. The molecule has 4 nitrogen and oxygen atoms in total. The second kappa shape index (κ2) is 10.2. The lowest BCUT2D eigenvalue weighted by Gasteiger charge is -2.37. The topological polar surface area (TPSA) is 50.4 Å². The number of nitrogens with one attached hydrogen (secondary N) is 2. The van der Waals surface area contributed by atoms with Gasteiger partial charge in [0.25, 0.3) is 5.91 Å². The molecule has 0 unspecified atom stereocenters. The SMILES string of the molecule is CC(C)CCOc1cccc(C(=O)NC(=S)NC2CCC(C(C)(C)C)CC2)c1.